The summed E-state index contributed by atoms with van der Waals surface area (Å²) in [6.45, 7) is 6.09. The van der Waals surface area contributed by atoms with Crippen molar-refractivity contribution in [2.45, 2.75) is 39.2 Å². The fraction of sp³-hybridized carbons (Fsp3) is 0.833. The Morgan fingerprint density at radius 2 is 1.94 bits per heavy atom. The minimum absolute atomic E-state index is 0.119. The van der Waals surface area contributed by atoms with E-state index in [0.717, 1.165) is 12.8 Å². The zero-order valence-electron chi connectivity index (χ0n) is 9.83. The molecule has 0 spiro atoms. The summed E-state index contributed by atoms with van der Waals surface area (Å²) < 4.78 is 0. The molecule has 0 radical (unpaired) electrons. The molecule has 2 aliphatic carbocycles. The van der Waals surface area contributed by atoms with E-state index in [1.54, 1.807) is 0 Å². The van der Waals surface area contributed by atoms with Crippen LogP contribution in [0.4, 0.5) is 0 Å². The molecule has 4 heteroatoms. The van der Waals surface area contributed by atoms with Crippen LogP contribution in [-0.4, -0.2) is 22.5 Å². The quantitative estimate of drug-likeness (QED) is 0.586. The molecule has 2 saturated carbocycles. The number of fused-ring (bicyclic) bond motifs is 5. The molecular formula is C12H17NO3. The van der Waals surface area contributed by atoms with Crippen molar-refractivity contribution < 1.29 is 14.7 Å². The van der Waals surface area contributed by atoms with Crippen LogP contribution in [0.25, 0.3) is 0 Å². The average molecular weight is 223 g/mol. The summed E-state index contributed by atoms with van der Waals surface area (Å²) in [5.41, 5.74) is -2.11. The lowest BCUT2D eigenvalue weighted by Crippen LogP contribution is -2.55. The van der Waals surface area contributed by atoms with E-state index in [0.29, 0.717) is 0 Å². The van der Waals surface area contributed by atoms with Gasteiger partial charge in [-0.15, -0.1) is 0 Å². The molecule has 0 aromatic rings. The second-order valence-electron chi connectivity index (χ2n) is 6.26. The standard InChI is InChI=1S/C12H17NO3/c1-10(2)6-4-5-11(10,3)12(16)7(6)8(14)13-9(12)15/h6-7,16H,4-5H2,1-3H3,(H,13,14,15). The van der Waals surface area contributed by atoms with Crippen molar-refractivity contribution in [2.24, 2.45) is 22.7 Å². The maximum atomic E-state index is 11.9. The van der Waals surface area contributed by atoms with Gasteiger partial charge in [0.05, 0.1) is 5.92 Å². The van der Waals surface area contributed by atoms with Gasteiger partial charge in [-0.3, -0.25) is 14.9 Å². The first-order chi connectivity index (χ1) is 7.27. The Bertz CT molecular complexity index is 416. The molecule has 16 heavy (non-hydrogen) atoms. The number of imide groups is 1. The maximum absolute atomic E-state index is 11.9. The van der Waals surface area contributed by atoms with Gasteiger partial charge in [-0.2, -0.15) is 0 Å². The highest BCUT2D eigenvalue weighted by atomic mass is 16.3. The van der Waals surface area contributed by atoms with Gasteiger partial charge in [-0.05, 0) is 24.2 Å². The molecule has 2 amide bonds. The fourth-order valence-electron chi connectivity index (χ4n) is 4.49. The van der Waals surface area contributed by atoms with Crippen LogP contribution in [-0.2, 0) is 9.59 Å². The highest BCUT2D eigenvalue weighted by Crippen LogP contribution is 2.72. The molecule has 1 aliphatic heterocycles. The van der Waals surface area contributed by atoms with E-state index < -0.39 is 22.8 Å². The Morgan fingerprint density at radius 1 is 1.31 bits per heavy atom. The Hall–Kier alpha value is -0.900. The van der Waals surface area contributed by atoms with Crippen LogP contribution in [0.2, 0.25) is 0 Å². The third-order valence-electron chi connectivity index (χ3n) is 5.86. The van der Waals surface area contributed by atoms with Crippen LogP contribution in [0.1, 0.15) is 33.6 Å². The van der Waals surface area contributed by atoms with Crippen molar-refractivity contribution in [1.29, 1.82) is 0 Å². The average Bonchev–Trinajstić information content (AvgIpc) is 2.58. The number of nitrogens with one attached hydrogen (secondary N) is 1. The third kappa shape index (κ3) is 0.680. The van der Waals surface area contributed by atoms with Gasteiger partial charge in [-0.25, -0.2) is 0 Å². The van der Waals surface area contributed by atoms with Crippen LogP contribution in [0.5, 0.6) is 0 Å². The smallest absolute Gasteiger partial charge is 0.259 e. The number of hydrogen-bond acceptors (Lipinski definition) is 3. The van der Waals surface area contributed by atoms with Gasteiger partial charge in [0.25, 0.3) is 5.91 Å². The zero-order valence-corrected chi connectivity index (χ0v) is 9.83. The van der Waals surface area contributed by atoms with E-state index in [4.69, 9.17) is 0 Å². The SMILES string of the molecule is CC1(C)C2CCC1(C)C1(O)C(=O)NC(=O)C21. The van der Waals surface area contributed by atoms with E-state index in [2.05, 4.69) is 19.2 Å². The molecule has 1 saturated heterocycles. The summed E-state index contributed by atoms with van der Waals surface area (Å²) in [5.74, 6) is -1.18. The van der Waals surface area contributed by atoms with Crippen molar-refractivity contribution in [2.75, 3.05) is 0 Å². The van der Waals surface area contributed by atoms with Crippen LogP contribution >= 0.6 is 0 Å². The molecular weight excluding hydrogens is 206 g/mol. The molecule has 88 valence electrons. The minimum atomic E-state index is -1.48. The molecule has 2 bridgehead atoms. The second kappa shape index (κ2) is 2.35. The summed E-state index contributed by atoms with van der Waals surface area (Å²) in [6, 6.07) is 0. The van der Waals surface area contributed by atoms with E-state index in [1.165, 1.54) is 0 Å². The molecule has 3 aliphatic rings. The normalized spacial score (nSPS) is 53.0. The molecule has 4 atom stereocenters. The number of carbonyl (C=O) groups is 2. The molecule has 0 aromatic heterocycles. The molecule has 1 heterocycles. The summed E-state index contributed by atoms with van der Waals surface area (Å²) >= 11 is 0. The van der Waals surface area contributed by atoms with Gasteiger partial charge in [0.2, 0.25) is 5.91 Å². The van der Waals surface area contributed by atoms with E-state index in [-0.39, 0.29) is 17.2 Å². The predicted octanol–water partition coefficient (Wildman–Crippen LogP) is 0.446. The van der Waals surface area contributed by atoms with Gasteiger partial charge in [0.15, 0.2) is 5.60 Å². The predicted molar refractivity (Wildman–Crippen MR) is 56.2 cm³/mol. The van der Waals surface area contributed by atoms with Crippen LogP contribution in [0.3, 0.4) is 0 Å². The number of aliphatic hydroxyl groups is 1. The largest absolute Gasteiger partial charge is 0.379 e. The minimum Gasteiger partial charge on any atom is -0.379 e. The molecule has 0 aromatic carbocycles. The number of rotatable bonds is 0. The first-order valence-corrected chi connectivity index (χ1v) is 5.84. The van der Waals surface area contributed by atoms with Gasteiger partial charge in [0.1, 0.15) is 0 Å². The van der Waals surface area contributed by atoms with E-state index in [1.807, 2.05) is 6.92 Å². The van der Waals surface area contributed by atoms with E-state index in [9.17, 15) is 14.7 Å². The number of carbonyl (C=O) groups excluding carboxylic acids is 2. The van der Waals surface area contributed by atoms with Gasteiger partial charge in [-0.1, -0.05) is 20.8 Å². The topological polar surface area (TPSA) is 66.4 Å². The van der Waals surface area contributed by atoms with Gasteiger partial charge in [0, 0.05) is 5.41 Å². The van der Waals surface area contributed by atoms with Crippen LogP contribution in [0.15, 0.2) is 0 Å². The summed E-state index contributed by atoms with van der Waals surface area (Å²) in [6.07, 6.45) is 1.75. The Labute approximate surface area is 94.4 Å². The molecule has 3 rings (SSSR count). The van der Waals surface area contributed by atoms with E-state index >= 15 is 0 Å². The zero-order chi connectivity index (χ0) is 11.9. The first kappa shape index (κ1) is 10.3. The summed E-state index contributed by atoms with van der Waals surface area (Å²) in [5, 5.41) is 13.0. The number of hydrogen-bond donors (Lipinski definition) is 2. The lowest BCUT2D eigenvalue weighted by molar-refractivity contribution is -0.157. The van der Waals surface area contributed by atoms with Crippen molar-refractivity contribution in [3.8, 4) is 0 Å². The number of amides is 2. The van der Waals surface area contributed by atoms with Crippen molar-refractivity contribution >= 4 is 11.8 Å². The monoisotopic (exact) mass is 223 g/mol. The Kier molecular flexibility index (Phi) is 1.51. The van der Waals surface area contributed by atoms with Gasteiger partial charge >= 0.3 is 0 Å². The third-order valence-corrected chi connectivity index (χ3v) is 5.86. The second-order valence-corrected chi connectivity index (χ2v) is 6.26. The van der Waals surface area contributed by atoms with Crippen molar-refractivity contribution in [1.82, 2.24) is 5.32 Å². The lowest BCUT2D eigenvalue weighted by atomic mass is 9.63. The Balaban J connectivity index is 2.25. The summed E-state index contributed by atoms with van der Waals surface area (Å²) in [4.78, 5) is 23.7. The fourth-order valence-corrected chi connectivity index (χ4v) is 4.49. The molecule has 3 fully saturated rings. The molecule has 2 N–H and O–H groups in total. The highest BCUT2D eigenvalue weighted by Gasteiger charge is 2.80. The molecule has 4 nitrogen and oxygen atoms in total. The summed E-state index contributed by atoms with van der Waals surface area (Å²) in [7, 11) is 0. The van der Waals surface area contributed by atoms with Crippen molar-refractivity contribution in [3.63, 3.8) is 0 Å². The van der Waals surface area contributed by atoms with Gasteiger partial charge < -0.3 is 5.11 Å². The molecule has 4 unspecified atom stereocenters. The Morgan fingerprint density at radius 3 is 2.50 bits per heavy atom. The van der Waals surface area contributed by atoms with Crippen LogP contribution in [0, 0.1) is 22.7 Å². The van der Waals surface area contributed by atoms with Crippen LogP contribution < -0.4 is 5.32 Å². The van der Waals surface area contributed by atoms with Crippen molar-refractivity contribution in [3.05, 3.63) is 0 Å². The highest BCUT2D eigenvalue weighted by molar-refractivity contribution is 6.10. The maximum Gasteiger partial charge on any atom is 0.259 e. The first-order valence-electron chi connectivity index (χ1n) is 5.84. The lowest BCUT2D eigenvalue weighted by Gasteiger charge is -2.42.